The normalized spacial score (nSPS) is 22.4. The third kappa shape index (κ3) is 4.37. The molecule has 1 atom stereocenters. The minimum atomic E-state index is -0.511. The van der Waals surface area contributed by atoms with Gasteiger partial charge in [0.25, 0.3) is 0 Å². The van der Waals surface area contributed by atoms with Crippen molar-refractivity contribution in [1.82, 2.24) is 9.88 Å². The molecule has 0 aromatic carbocycles. The van der Waals surface area contributed by atoms with Crippen molar-refractivity contribution in [1.29, 1.82) is 0 Å². The Labute approximate surface area is 157 Å². The lowest BCUT2D eigenvalue weighted by Gasteiger charge is -2.36. The average Bonchev–Trinajstić information content (AvgIpc) is 3.01. The molecule has 0 radical (unpaired) electrons. The van der Waals surface area contributed by atoms with Crippen molar-refractivity contribution in [3.05, 3.63) is 23.9 Å². The van der Waals surface area contributed by atoms with Crippen LogP contribution in [0.5, 0.6) is 0 Å². The van der Waals surface area contributed by atoms with Crippen molar-refractivity contribution in [3.8, 4) is 0 Å². The standard InChI is InChI=1S/C21H33N3O2/c1-21(2,3)26-20(25)24(16-10-6-5-7-11-16)19-17(12-8-14-22-19)18-13-9-15-23(18)4/h8,12,14,16,18H,5-7,9-11,13,15H2,1-4H3/t18-/m0/s1. The van der Waals surface area contributed by atoms with Crippen LogP contribution in [0.4, 0.5) is 10.6 Å². The lowest BCUT2D eigenvalue weighted by atomic mass is 9.93. The molecule has 2 heterocycles. The van der Waals surface area contributed by atoms with Gasteiger partial charge in [0, 0.05) is 23.8 Å². The number of hydrogen-bond donors (Lipinski definition) is 0. The molecule has 1 saturated carbocycles. The summed E-state index contributed by atoms with van der Waals surface area (Å²) in [6.45, 7) is 6.87. The SMILES string of the molecule is CN1CCC[C@H]1c1cccnc1N(C(=O)OC(C)(C)C)C1CCCCC1. The van der Waals surface area contributed by atoms with Gasteiger partial charge in [-0.1, -0.05) is 25.3 Å². The molecular weight excluding hydrogens is 326 g/mol. The van der Waals surface area contributed by atoms with Crippen LogP contribution in [-0.4, -0.2) is 41.2 Å². The third-order valence-corrected chi connectivity index (χ3v) is 5.45. The van der Waals surface area contributed by atoms with Crippen LogP contribution in [0.3, 0.4) is 0 Å². The molecule has 0 spiro atoms. The predicted molar refractivity (Wildman–Crippen MR) is 104 cm³/mol. The Kier molecular flexibility index (Phi) is 5.86. The number of anilines is 1. The number of ether oxygens (including phenoxy) is 1. The van der Waals surface area contributed by atoms with Crippen LogP contribution >= 0.6 is 0 Å². The summed E-state index contributed by atoms with van der Waals surface area (Å²) < 4.78 is 5.79. The lowest BCUT2D eigenvalue weighted by Crippen LogP contribution is -2.45. The molecule has 3 rings (SSSR count). The molecule has 1 amide bonds. The maximum absolute atomic E-state index is 13.2. The fraction of sp³-hybridized carbons (Fsp3) is 0.714. The van der Waals surface area contributed by atoms with Gasteiger partial charge in [0.2, 0.25) is 0 Å². The number of aromatic nitrogens is 1. The summed E-state index contributed by atoms with van der Waals surface area (Å²) in [5, 5.41) is 0. The molecule has 1 saturated heterocycles. The molecule has 0 bridgehead atoms. The molecule has 1 aromatic heterocycles. The highest BCUT2D eigenvalue weighted by molar-refractivity contribution is 5.88. The molecule has 5 heteroatoms. The zero-order valence-electron chi connectivity index (χ0n) is 16.7. The number of hydrogen-bond acceptors (Lipinski definition) is 4. The Morgan fingerprint density at radius 2 is 1.92 bits per heavy atom. The zero-order valence-corrected chi connectivity index (χ0v) is 16.7. The minimum Gasteiger partial charge on any atom is -0.443 e. The van der Waals surface area contributed by atoms with Crippen molar-refractivity contribution in [2.45, 2.75) is 83.4 Å². The van der Waals surface area contributed by atoms with Crippen molar-refractivity contribution < 1.29 is 9.53 Å². The first-order valence-electron chi connectivity index (χ1n) is 10.0. The van der Waals surface area contributed by atoms with Crippen molar-refractivity contribution in [2.24, 2.45) is 0 Å². The molecule has 26 heavy (non-hydrogen) atoms. The molecule has 2 fully saturated rings. The molecule has 1 aromatic rings. The smallest absolute Gasteiger partial charge is 0.416 e. The number of carbonyl (C=O) groups excluding carboxylic acids is 1. The summed E-state index contributed by atoms with van der Waals surface area (Å²) in [6.07, 6.45) is 9.46. The zero-order chi connectivity index (χ0) is 18.7. The van der Waals surface area contributed by atoms with Gasteiger partial charge in [-0.3, -0.25) is 9.80 Å². The van der Waals surface area contributed by atoms with E-state index in [2.05, 4.69) is 23.0 Å². The number of rotatable bonds is 3. The van der Waals surface area contributed by atoms with E-state index < -0.39 is 5.60 Å². The predicted octanol–water partition coefficient (Wildman–Crippen LogP) is 4.92. The van der Waals surface area contributed by atoms with Crippen LogP contribution in [-0.2, 0) is 4.74 Å². The van der Waals surface area contributed by atoms with Crippen molar-refractivity contribution in [3.63, 3.8) is 0 Å². The molecule has 2 aliphatic rings. The summed E-state index contributed by atoms with van der Waals surface area (Å²) in [6, 6.07) is 4.62. The fourth-order valence-corrected chi connectivity index (χ4v) is 4.23. The van der Waals surface area contributed by atoms with Crippen LogP contribution in [0.1, 0.15) is 77.3 Å². The Bertz CT molecular complexity index is 620. The lowest BCUT2D eigenvalue weighted by molar-refractivity contribution is 0.0556. The summed E-state index contributed by atoms with van der Waals surface area (Å²) >= 11 is 0. The van der Waals surface area contributed by atoms with Gasteiger partial charge in [0.05, 0.1) is 0 Å². The molecule has 0 unspecified atom stereocenters. The average molecular weight is 360 g/mol. The van der Waals surface area contributed by atoms with E-state index in [4.69, 9.17) is 4.74 Å². The van der Waals surface area contributed by atoms with E-state index in [1.807, 2.05) is 31.7 Å². The number of likely N-dealkylation sites (tertiary alicyclic amines) is 1. The van der Waals surface area contributed by atoms with Crippen LogP contribution < -0.4 is 4.90 Å². The summed E-state index contributed by atoms with van der Waals surface area (Å²) in [5.74, 6) is 0.799. The molecule has 1 aliphatic carbocycles. The third-order valence-electron chi connectivity index (χ3n) is 5.45. The highest BCUT2D eigenvalue weighted by Gasteiger charge is 2.35. The largest absolute Gasteiger partial charge is 0.443 e. The first-order chi connectivity index (χ1) is 12.4. The number of amides is 1. The monoisotopic (exact) mass is 359 g/mol. The number of carbonyl (C=O) groups is 1. The number of nitrogens with zero attached hydrogens (tertiary/aromatic N) is 3. The topological polar surface area (TPSA) is 45.7 Å². The van der Waals surface area contributed by atoms with Gasteiger partial charge < -0.3 is 4.74 Å². The Morgan fingerprint density at radius 3 is 2.54 bits per heavy atom. The molecule has 144 valence electrons. The van der Waals surface area contributed by atoms with Gasteiger partial charge in [-0.15, -0.1) is 0 Å². The second-order valence-corrected chi connectivity index (χ2v) is 8.70. The Hall–Kier alpha value is -1.62. The minimum absolute atomic E-state index is 0.180. The van der Waals surface area contributed by atoms with Gasteiger partial charge in [-0.25, -0.2) is 9.78 Å². The summed E-state index contributed by atoms with van der Waals surface area (Å²) in [7, 11) is 2.16. The Morgan fingerprint density at radius 1 is 1.19 bits per heavy atom. The van der Waals surface area contributed by atoms with E-state index in [0.29, 0.717) is 6.04 Å². The van der Waals surface area contributed by atoms with Gasteiger partial charge in [0.1, 0.15) is 11.4 Å². The van der Waals surface area contributed by atoms with Crippen LogP contribution in [0.15, 0.2) is 18.3 Å². The second-order valence-electron chi connectivity index (χ2n) is 8.70. The van der Waals surface area contributed by atoms with Crippen molar-refractivity contribution in [2.75, 3.05) is 18.5 Å². The summed E-state index contributed by atoms with van der Waals surface area (Å²) in [4.78, 5) is 22.1. The highest BCUT2D eigenvalue weighted by atomic mass is 16.6. The summed E-state index contributed by atoms with van der Waals surface area (Å²) in [5.41, 5.74) is 0.646. The fourth-order valence-electron chi connectivity index (χ4n) is 4.23. The van der Waals surface area contributed by atoms with Gasteiger partial charge in [-0.05, 0) is 66.1 Å². The first kappa shape index (κ1) is 19.2. The van der Waals surface area contributed by atoms with Crippen LogP contribution in [0.25, 0.3) is 0 Å². The van der Waals surface area contributed by atoms with E-state index in [1.165, 1.54) is 12.8 Å². The van der Waals surface area contributed by atoms with E-state index in [9.17, 15) is 4.79 Å². The first-order valence-corrected chi connectivity index (χ1v) is 10.0. The van der Waals surface area contributed by atoms with E-state index >= 15 is 0 Å². The second kappa shape index (κ2) is 7.95. The van der Waals surface area contributed by atoms with Gasteiger partial charge in [0.15, 0.2) is 0 Å². The highest BCUT2D eigenvalue weighted by Crippen LogP contribution is 2.37. The van der Waals surface area contributed by atoms with E-state index in [0.717, 1.165) is 50.0 Å². The maximum atomic E-state index is 13.2. The van der Waals surface area contributed by atoms with Crippen LogP contribution in [0.2, 0.25) is 0 Å². The van der Waals surface area contributed by atoms with Gasteiger partial charge in [-0.2, -0.15) is 0 Å². The maximum Gasteiger partial charge on any atom is 0.416 e. The van der Waals surface area contributed by atoms with E-state index in [1.54, 1.807) is 6.20 Å². The molecule has 5 nitrogen and oxygen atoms in total. The number of pyridine rings is 1. The quantitative estimate of drug-likeness (QED) is 0.768. The van der Waals surface area contributed by atoms with Crippen molar-refractivity contribution >= 4 is 11.9 Å². The van der Waals surface area contributed by atoms with Gasteiger partial charge >= 0.3 is 6.09 Å². The van der Waals surface area contributed by atoms with Crippen LogP contribution in [0, 0.1) is 0 Å². The Balaban J connectivity index is 1.97. The molecule has 1 aliphatic heterocycles. The molecular formula is C21H33N3O2. The van der Waals surface area contributed by atoms with E-state index in [-0.39, 0.29) is 12.1 Å². The molecule has 0 N–H and O–H groups in total.